The van der Waals surface area contributed by atoms with Crippen LogP contribution >= 0.6 is 0 Å². The summed E-state index contributed by atoms with van der Waals surface area (Å²) in [6.45, 7) is 4.84. The Hall–Kier alpha value is -2.82. The number of nitrogens with zero attached hydrogens (tertiary/aromatic N) is 1. The van der Waals surface area contributed by atoms with Crippen LogP contribution in [0.2, 0.25) is 0 Å². The minimum Gasteiger partial charge on any atom is -0.495 e. The smallest absolute Gasteiger partial charge is 0.227 e. The van der Waals surface area contributed by atoms with Crippen LogP contribution in [0.4, 0.5) is 5.69 Å². The van der Waals surface area contributed by atoms with Crippen molar-refractivity contribution >= 4 is 17.5 Å². The highest BCUT2D eigenvalue weighted by Gasteiger charge is 2.36. The molecular weight excluding hydrogens is 328 g/mol. The average molecular weight is 352 g/mol. The molecule has 5 nitrogen and oxygen atoms in total. The van der Waals surface area contributed by atoms with Crippen LogP contribution in [-0.2, 0) is 16.1 Å². The molecule has 0 spiro atoms. The Balaban J connectivity index is 1.69. The van der Waals surface area contributed by atoms with Crippen molar-refractivity contribution in [1.29, 1.82) is 0 Å². The molecule has 5 heteroatoms. The van der Waals surface area contributed by atoms with Gasteiger partial charge < -0.3 is 15.0 Å². The van der Waals surface area contributed by atoms with Gasteiger partial charge in [0.1, 0.15) is 5.75 Å². The second kappa shape index (κ2) is 7.60. The quantitative estimate of drug-likeness (QED) is 0.900. The Morgan fingerprint density at radius 2 is 2.00 bits per heavy atom. The number of nitrogens with one attached hydrogen (secondary N) is 1. The first-order chi connectivity index (χ1) is 12.5. The molecule has 1 heterocycles. The van der Waals surface area contributed by atoms with E-state index in [0.29, 0.717) is 18.8 Å². The molecule has 1 atom stereocenters. The predicted octanol–water partition coefficient (Wildman–Crippen LogP) is 2.98. The minimum absolute atomic E-state index is 0.0510. The molecule has 3 rings (SSSR count). The molecule has 1 aliphatic rings. The van der Waals surface area contributed by atoms with E-state index >= 15 is 0 Å². The SMILES string of the molecule is COc1ccc(C)cc1N1CC(C(=O)NCc2ccccc2C)CC1=O. The number of ether oxygens (including phenoxy) is 1. The van der Waals surface area contributed by atoms with E-state index in [4.69, 9.17) is 4.74 Å². The van der Waals surface area contributed by atoms with Gasteiger partial charge in [-0.2, -0.15) is 0 Å². The topological polar surface area (TPSA) is 58.6 Å². The van der Waals surface area contributed by atoms with Gasteiger partial charge in [0.25, 0.3) is 0 Å². The van der Waals surface area contributed by atoms with E-state index < -0.39 is 0 Å². The van der Waals surface area contributed by atoms with Crippen molar-refractivity contribution in [3.05, 3.63) is 59.2 Å². The number of carbonyl (C=O) groups excluding carboxylic acids is 2. The summed E-state index contributed by atoms with van der Waals surface area (Å²) >= 11 is 0. The second-order valence-electron chi connectivity index (χ2n) is 6.72. The Labute approximate surface area is 154 Å². The normalized spacial score (nSPS) is 16.7. The molecule has 26 heavy (non-hydrogen) atoms. The molecule has 2 aromatic rings. The Morgan fingerprint density at radius 1 is 1.23 bits per heavy atom. The Morgan fingerprint density at radius 3 is 2.73 bits per heavy atom. The van der Waals surface area contributed by atoms with Gasteiger partial charge in [-0.15, -0.1) is 0 Å². The lowest BCUT2D eigenvalue weighted by Gasteiger charge is -2.20. The van der Waals surface area contributed by atoms with Crippen LogP contribution in [-0.4, -0.2) is 25.5 Å². The van der Waals surface area contributed by atoms with Crippen molar-refractivity contribution in [3.8, 4) is 5.75 Å². The summed E-state index contributed by atoms with van der Waals surface area (Å²) in [7, 11) is 1.58. The molecule has 0 aromatic heterocycles. The van der Waals surface area contributed by atoms with E-state index in [-0.39, 0.29) is 24.2 Å². The Kier molecular flexibility index (Phi) is 5.26. The van der Waals surface area contributed by atoms with Gasteiger partial charge in [0.2, 0.25) is 11.8 Å². The van der Waals surface area contributed by atoms with Crippen LogP contribution in [0.3, 0.4) is 0 Å². The molecule has 1 fully saturated rings. The van der Waals surface area contributed by atoms with Crippen LogP contribution in [0, 0.1) is 19.8 Å². The third-order valence-electron chi connectivity index (χ3n) is 4.84. The molecule has 136 valence electrons. The summed E-state index contributed by atoms with van der Waals surface area (Å²) in [5.41, 5.74) is 4.00. The first-order valence-electron chi connectivity index (χ1n) is 8.77. The van der Waals surface area contributed by atoms with Crippen LogP contribution in [0.15, 0.2) is 42.5 Å². The largest absolute Gasteiger partial charge is 0.495 e. The highest BCUT2D eigenvalue weighted by atomic mass is 16.5. The van der Waals surface area contributed by atoms with Crippen molar-refractivity contribution in [2.45, 2.75) is 26.8 Å². The predicted molar refractivity (Wildman–Crippen MR) is 101 cm³/mol. The van der Waals surface area contributed by atoms with E-state index in [1.165, 1.54) is 0 Å². The van der Waals surface area contributed by atoms with E-state index in [0.717, 1.165) is 22.4 Å². The fourth-order valence-corrected chi connectivity index (χ4v) is 3.26. The van der Waals surface area contributed by atoms with Crippen LogP contribution in [0.5, 0.6) is 5.75 Å². The van der Waals surface area contributed by atoms with Gasteiger partial charge in [0.15, 0.2) is 0 Å². The maximum absolute atomic E-state index is 12.6. The Bertz CT molecular complexity index is 832. The van der Waals surface area contributed by atoms with Gasteiger partial charge in [-0.05, 0) is 42.7 Å². The maximum atomic E-state index is 12.6. The van der Waals surface area contributed by atoms with Gasteiger partial charge in [-0.3, -0.25) is 9.59 Å². The summed E-state index contributed by atoms with van der Waals surface area (Å²) in [6, 6.07) is 13.7. The van der Waals surface area contributed by atoms with Crippen molar-refractivity contribution < 1.29 is 14.3 Å². The first-order valence-corrected chi connectivity index (χ1v) is 8.77. The fourth-order valence-electron chi connectivity index (χ4n) is 3.26. The number of hydrogen-bond acceptors (Lipinski definition) is 3. The van der Waals surface area contributed by atoms with Gasteiger partial charge >= 0.3 is 0 Å². The van der Waals surface area contributed by atoms with Crippen molar-refractivity contribution in [2.75, 3.05) is 18.6 Å². The number of amides is 2. The number of benzene rings is 2. The van der Waals surface area contributed by atoms with E-state index in [2.05, 4.69) is 5.32 Å². The van der Waals surface area contributed by atoms with Gasteiger partial charge in [0.05, 0.1) is 18.7 Å². The molecule has 1 N–H and O–H groups in total. The third kappa shape index (κ3) is 3.72. The van der Waals surface area contributed by atoms with Gasteiger partial charge in [-0.1, -0.05) is 30.3 Å². The molecular formula is C21H24N2O3. The van der Waals surface area contributed by atoms with Crippen molar-refractivity contribution in [3.63, 3.8) is 0 Å². The highest BCUT2D eigenvalue weighted by Crippen LogP contribution is 2.33. The first kappa shape index (κ1) is 18.0. The minimum atomic E-state index is -0.350. The molecule has 2 amide bonds. The molecule has 1 unspecified atom stereocenters. The third-order valence-corrected chi connectivity index (χ3v) is 4.84. The monoisotopic (exact) mass is 352 g/mol. The lowest BCUT2D eigenvalue weighted by atomic mass is 10.1. The highest BCUT2D eigenvalue weighted by molar-refractivity contribution is 6.01. The summed E-state index contributed by atoms with van der Waals surface area (Å²) in [5.74, 6) is 0.155. The zero-order chi connectivity index (χ0) is 18.7. The molecule has 0 aliphatic carbocycles. The summed E-state index contributed by atoms with van der Waals surface area (Å²) in [6.07, 6.45) is 0.219. The number of aryl methyl sites for hydroxylation is 2. The standard InChI is InChI=1S/C21H24N2O3/c1-14-8-9-19(26-3)18(10-14)23-13-17(11-20(23)24)21(25)22-12-16-7-5-4-6-15(16)2/h4-10,17H,11-13H2,1-3H3,(H,22,25). The molecule has 0 radical (unpaired) electrons. The zero-order valence-corrected chi connectivity index (χ0v) is 15.4. The van der Waals surface area contributed by atoms with E-state index in [1.807, 2.05) is 56.3 Å². The average Bonchev–Trinajstić information content (AvgIpc) is 3.02. The number of methoxy groups -OCH3 is 1. The summed E-state index contributed by atoms with van der Waals surface area (Å²) in [5, 5.41) is 2.97. The van der Waals surface area contributed by atoms with Gasteiger partial charge in [-0.25, -0.2) is 0 Å². The molecule has 0 bridgehead atoms. The number of hydrogen-bond donors (Lipinski definition) is 1. The molecule has 0 saturated carbocycles. The van der Waals surface area contributed by atoms with Gasteiger partial charge in [0, 0.05) is 19.5 Å². The van der Waals surface area contributed by atoms with E-state index in [1.54, 1.807) is 12.0 Å². The van der Waals surface area contributed by atoms with E-state index in [9.17, 15) is 9.59 Å². The van der Waals surface area contributed by atoms with Crippen molar-refractivity contribution in [1.82, 2.24) is 5.32 Å². The summed E-state index contributed by atoms with van der Waals surface area (Å²) in [4.78, 5) is 26.7. The van der Waals surface area contributed by atoms with Crippen molar-refractivity contribution in [2.24, 2.45) is 5.92 Å². The number of anilines is 1. The zero-order valence-electron chi connectivity index (χ0n) is 15.4. The maximum Gasteiger partial charge on any atom is 0.227 e. The molecule has 1 saturated heterocycles. The lowest BCUT2D eigenvalue weighted by Crippen LogP contribution is -2.32. The molecule has 2 aromatic carbocycles. The van der Waals surface area contributed by atoms with Crippen LogP contribution in [0.1, 0.15) is 23.1 Å². The fraction of sp³-hybridized carbons (Fsp3) is 0.333. The summed E-state index contributed by atoms with van der Waals surface area (Å²) < 4.78 is 5.38. The van der Waals surface area contributed by atoms with Crippen LogP contribution < -0.4 is 15.0 Å². The number of carbonyl (C=O) groups is 2. The lowest BCUT2D eigenvalue weighted by molar-refractivity contribution is -0.126. The second-order valence-corrected chi connectivity index (χ2v) is 6.72. The molecule has 1 aliphatic heterocycles. The van der Waals surface area contributed by atoms with Crippen LogP contribution in [0.25, 0.3) is 0 Å². The number of rotatable bonds is 5.